The number of benzene rings is 1. The first-order valence-electron chi connectivity index (χ1n) is 6.63. The predicted molar refractivity (Wildman–Crippen MR) is 84.6 cm³/mol. The van der Waals surface area contributed by atoms with Gasteiger partial charge in [-0.25, -0.2) is 0 Å². The van der Waals surface area contributed by atoms with Crippen molar-refractivity contribution in [3.8, 4) is 0 Å². The summed E-state index contributed by atoms with van der Waals surface area (Å²) in [6.45, 7) is 2.12. The molecule has 0 spiro atoms. The van der Waals surface area contributed by atoms with Crippen molar-refractivity contribution in [1.29, 1.82) is 0 Å². The molecule has 0 fully saturated rings. The van der Waals surface area contributed by atoms with Gasteiger partial charge < -0.3 is 10.3 Å². The van der Waals surface area contributed by atoms with Crippen LogP contribution in [0.15, 0.2) is 38.2 Å². The van der Waals surface area contributed by atoms with Crippen molar-refractivity contribution in [3.05, 3.63) is 40.5 Å². The molecule has 20 heavy (non-hydrogen) atoms. The Morgan fingerprint density at radius 3 is 2.95 bits per heavy atom. The van der Waals surface area contributed by atoms with Crippen LogP contribution in [0.4, 0.5) is 0 Å². The Bertz CT molecular complexity index is 547. The standard InChI is InChI=1S/C14H18BrN3OS/c1-2-5-10(16)8-14-17-13(18-19-14)9-20-12-7-4-3-6-11(12)15/h3-4,6-7,10H,2,5,8-9,16H2,1H3. The van der Waals surface area contributed by atoms with E-state index in [-0.39, 0.29) is 6.04 Å². The first-order valence-corrected chi connectivity index (χ1v) is 8.41. The predicted octanol–water partition coefficient (Wildman–Crippen LogP) is 3.79. The topological polar surface area (TPSA) is 64.9 Å². The van der Waals surface area contributed by atoms with Gasteiger partial charge in [0.05, 0.1) is 5.75 Å². The maximum Gasteiger partial charge on any atom is 0.228 e. The summed E-state index contributed by atoms with van der Waals surface area (Å²) in [5, 5.41) is 4.00. The summed E-state index contributed by atoms with van der Waals surface area (Å²) in [5.41, 5.74) is 5.97. The van der Waals surface area contributed by atoms with E-state index in [1.165, 1.54) is 4.90 Å². The Balaban J connectivity index is 1.88. The van der Waals surface area contributed by atoms with Gasteiger partial charge in [0.25, 0.3) is 0 Å². The number of hydrogen-bond acceptors (Lipinski definition) is 5. The molecule has 1 heterocycles. The van der Waals surface area contributed by atoms with E-state index in [1.54, 1.807) is 11.8 Å². The van der Waals surface area contributed by atoms with Crippen LogP contribution >= 0.6 is 27.7 Å². The largest absolute Gasteiger partial charge is 0.339 e. The van der Waals surface area contributed by atoms with E-state index < -0.39 is 0 Å². The molecule has 0 saturated heterocycles. The number of halogens is 1. The monoisotopic (exact) mass is 355 g/mol. The van der Waals surface area contributed by atoms with Crippen LogP contribution in [0.5, 0.6) is 0 Å². The summed E-state index contributed by atoms with van der Waals surface area (Å²) in [4.78, 5) is 5.55. The fourth-order valence-corrected chi connectivity index (χ4v) is 3.24. The molecule has 6 heteroatoms. The van der Waals surface area contributed by atoms with E-state index in [1.807, 2.05) is 18.2 Å². The minimum Gasteiger partial charge on any atom is -0.339 e. The zero-order valence-corrected chi connectivity index (χ0v) is 13.8. The fraction of sp³-hybridized carbons (Fsp3) is 0.429. The second kappa shape index (κ2) is 7.81. The first kappa shape index (κ1) is 15.5. The molecule has 2 aromatic rings. The summed E-state index contributed by atoms with van der Waals surface area (Å²) in [5.74, 6) is 2.04. The van der Waals surface area contributed by atoms with Crippen LogP contribution in [0.2, 0.25) is 0 Å². The zero-order valence-electron chi connectivity index (χ0n) is 11.4. The van der Waals surface area contributed by atoms with Crippen molar-refractivity contribution in [2.24, 2.45) is 5.73 Å². The average molecular weight is 356 g/mol. The van der Waals surface area contributed by atoms with Gasteiger partial charge in [-0.1, -0.05) is 30.6 Å². The molecule has 0 aliphatic rings. The van der Waals surface area contributed by atoms with Gasteiger partial charge in [-0.05, 0) is 34.5 Å². The number of rotatable bonds is 7. The van der Waals surface area contributed by atoms with E-state index in [0.717, 1.165) is 17.3 Å². The highest BCUT2D eigenvalue weighted by Crippen LogP contribution is 2.28. The van der Waals surface area contributed by atoms with E-state index in [0.29, 0.717) is 23.9 Å². The van der Waals surface area contributed by atoms with Crippen molar-refractivity contribution in [3.63, 3.8) is 0 Å². The highest BCUT2D eigenvalue weighted by Gasteiger charge is 2.11. The molecule has 0 radical (unpaired) electrons. The SMILES string of the molecule is CCCC(N)Cc1nc(CSc2ccccc2Br)no1. The Kier molecular flexibility index (Phi) is 6.06. The summed E-state index contributed by atoms with van der Waals surface area (Å²) >= 11 is 5.20. The number of aromatic nitrogens is 2. The molecular weight excluding hydrogens is 338 g/mol. The number of thioether (sulfide) groups is 1. The van der Waals surface area contributed by atoms with Gasteiger partial charge in [0.1, 0.15) is 0 Å². The molecule has 0 aliphatic heterocycles. The third-order valence-corrected chi connectivity index (χ3v) is 4.82. The minimum absolute atomic E-state index is 0.101. The van der Waals surface area contributed by atoms with Crippen molar-refractivity contribution in [2.75, 3.05) is 0 Å². The van der Waals surface area contributed by atoms with Crippen molar-refractivity contribution in [1.82, 2.24) is 10.1 Å². The summed E-state index contributed by atoms with van der Waals surface area (Å²) in [7, 11) is 0. The van der Waals surface area contributed by atoms with Crippen LogP contribution in [-0.2, 0) is 12.2 Å². The molecule has 2 rings (SSSR count). The van der Waals surface area contributed by atoms with Crippen molar-refractivity contribution in [2.45, 2.75) is 42.9 Å². The lowest BCUT2D eigenvalue weighted by atomic mass is 10.1. The Labute approximate surface area is 131 Å². The smallest absolute Gasteiger partial charge is 0.228 e. The Morgan fingerprint density at radius 1 is 1.40 bits per heavy atom. The van der Waals surface area contributed by atoms with E-state index in [4.69, 9.17) is 10.3 Å². The van der Waals surface area contributed by atoms with Crippen LogP contribution in [0.3, 0.4) is 0 Å². The minimum atomic E-state index is 0.101. The molecular formula is C14H18BrN3OS. The van der Waals surface area contributed by atoms with Gasteiger partial charge in [0.2, 0.25) is 5.89 Å². The summed E-state index contributed by atoms with van der Waals surface area (Å²) < 4.78 is 6.32. The maximum atomic E-state index is 5.97. The van der Waals surface area contributed by atoms with Crippen LogP contribution < -0.4 is 5.73 Å². The molecule has 4 nitrogen and oxygen atoms in total. The zero-order chi connectivity index (χ0) is 14.4. The Morgan fingerprint density at radius 2 is 2.20 bits per heavy atom. The number of hydrogen-bond donors (Lipinski definition) is 1. The molecule has 0 amide bonds. The number of nitrogens with zero attached hydrogens (tertiary/aromatic N) is 2. The van der Waals surface area contributed by atoms with Crippen LogP contribution in [0, 0.1) is 0 Å². The summed E-state index contributed by atoms with van der Waals surface area (Å²) in [6.07, 6.45) is 2.70. The lowest BCUT2D eigenvalue weighted by Crippen LogP contribution is -2.22. The Hall–Kier alpha value is -0.850. The molecule has 108 valence electrons. The second-order valence-corrected chi connectivity index (χ2v) is 6.45. The first-order chi connectivity index (χ1) is 9.69. The lowest BCUT2D eigenvalue weighted by molar-refractivity contribution is 0.362. The molecule has 2 N–H and O–H groups in total. The van der Waals surface area contributed by atoms with E-state index in [2.05, 4.69) is 39.1 Å². The van der Waals surface area contributed by atoms with Gasteiger partial charge >= 0.3 is 0 Å². The van der Waals surface area contributed by atoms with Gasteiger partial charge in [0.15, 0.2) is 5.82 Å². The number of nitrogens with two attached hydrogens (primary N) is 1. The normalized spacial score (nSPS) is 12.6. The van der Waals surface area contributed by atoms with Crippen LogP contribution in [-0.4, -0.2) is 16.2 Å². The summed E-state index contributed by atoms with van der Waals surface area (Å²) in [6, 6.07) is 8.19. The highest BCUT2D eigenvalue weighted by atomic mass is 79.9. The van der Waals surface area contributed by atoms with Crippen LogP contribution in [0.1, 0.15) is 31.5 Å². The lowest BCUT2D eigenvalue weighted by Gasteiger charge is -2.05. The molecule has 1 unspecified atom stereocenters. The molecule has 1 atom stereocenters. The van der Waals surface area contributed by atoms with E-state index >= 15 is 0 Å². The maximum absolute atomic E-state index is 5.97. The van der Waals surface area contributed by atoms with Gasteiger partial charge in [-0.2, -0.15) is 4.98 Å². The molecule has 0 bridgehead atoms. The molecule has 0 saturated carbocycles. The average Bonchev–Trinajstić information content (AvgIpc) is 2.85. The van der Waals surface area contributed by atoms with Gasteiger partial charge in [-0.3, -0.25) is 0 Å². The highest BCUT2D eigenvalue weighted by molar-refractivity contribution is 9.10. The van der Waals surface area contributed by atoms with Gasteiger partial charge in [0, 0.05) is 21.8 Å². The fourth-order valence-electron chi connectivity index (χ4n) is 1.83. The van der Waals surface area contributed by atoms with E-state index in [9.17, 15) is 0 Å². The molecule has 0 aliphatic carbocycles. The van der Waals surface area contributed by atoms with Crippen molar-refractivity contribution < 1.29 is 4.52 Å². The van der Waals surface area contributed by atoms with Crippen LogP contribution in [0.25, 0.3) is 0 Å². The third kappa shape index (κ3) is 4.61. The molecule has 1 aromatic heterocycles. The van der Waals surface area contributed by atoms with Gasteiger partial charge in [-0.15, -0.1) is 11.8 Å². The van der Waals surface area contributed by atoms with Crippen molar-refractivity contribution >= 4 is 27.7 Å². The third-order valence-electron chi connectivity index (χ3n) is 2.80. The quantitative estimate of drug-likeness (QED) is 0.765. The second-order valence-electron chi connectivity index (χ2n) is 4.58. The molecule has 1 aromatic carbocycles.